The zero-order valence-corrected chi connectivity index (χ0v) is 15.4. The summed E-state index contributed by atoms with van der Waals surface area (Å²) in [4.78, 5) is 21.6. The topological polar surface area (TPSA) is 69.9 Å². The van der Waals surface area contributed by atoms with E-state index in [0.29, 0.717) is 12.2 Å². The third-order valence-corrected chi connectivity index (χ3v) is 5.33. The van der Waals surface area contributed by atoms with E-state index in [-0.39, 0.29) is 12.0 Å². The molecule has 2 aromatic heterocycles. The van der Waals surface area contributed by atoms with Gasteiger partial charge < -0.3 is 4.74 Å². The van der Waals surface area contributed by atoms with Gasteiger partial charge in [0.15, 0.2) is 12.1 Å². The van der Waals surface area contributed by atoms with Gasteiger partial charge in [-0.15, -0.1) is 16.4 Å². The van der Waals surface area contributed by atoms with Gasteiger partial charge in [0.2, 0.25) is 0 Å². The average molecular weight is 368 g/mol. The first-order valence-corrected chi connectivity index (χ1v) is 9.60. The molecule has 6 nitrogen and oxygen atoms in total. The van der Waals surface area contributed by atoms with Crippen molar-refractivity contribution in [2.24, 2.45) is 0 Å². The van der Waals surface area contributed by atoms with Crippen LogP contribution in [0.25, 0.3) is 22.0 Å². The van der Waals surface area contributed by atoms with Crippen molar-refractivity contribution in [3.05, 3.63) is 41.7 Å². The third-order valence-electron chi connectivity index (χ3n) is 4.28. The molecule has 26 heavy (non-hydrogen) atoms. The number of ether oxygens (including phenoxy) is 1. The highest BCUT2D eigenvalue weighted by Gasteiger charge is 2.22. The Morgan fingerprint density at radius 2 is 2.15 bits per heavy atom. The minimum atomic E-state index is -0.0465. The zero-order chi connectivity index (χ0) is 17.9. The fraction of sp³-hybridized carbons (Fsp3) is 0.368. The van der Waals surface area contributed by atoms with Crippen LogP contribution in [-0.4, -0.2) is 32.1 Å². The highest BCUT2D eigenvalue weighted by molar-refractivity contribution is 7.15. The molecule has 0 bridgehead atoms. The van der Waals surface area contributed by atoms with Gasteiger partial charge in [0.25, 0.3) is 0 Å². The van der Waals surface area contributed by atoms with E-state index < -0.39 is 0 Å². The van der Waals surface area contributed by atoms with E-state index in [9.17, 15) is 4.79 Å². The Bertz CT molecular complexity index is 897. The van der Waals surface area contributed by atoms with E-state index in [1.807, 2.05) is 30.3 Å². The van der Waals surface area contributed by atoms with Gasteiger partial charge in [-0.05, 0) is 26.2 Å². The first-order chi connectivity index (χ1) is 12.7. The van der Waals surface area contributed by atoms with Gasteiger partial charge in [0.05, 0.1) is 12.1 Å². The SMILES string of the molecule is CC(=O)Cc1nc(-c2ccccc2)c(-c2ncn(C3CCCCO3)n2)s1. The molecule has 1 aromatic carbocycles. The summed E-state index contributed by atoms with van der Waals surface area (Å²) in [5.74, 6) is 0.726. The summed E-state index contributed by atoms with van der Waals surface area (Å²) < 4.78 is 7.59. The zero-order valence-electron chi connectivity index (χ0n) is 14.6. The van der Waals surface area contributed by atoms with Crippen molar-refractivity contribution in [3.8, 4) is 22.0 Å². The Balaban J connectivity index is 1.71. The Hall–Kier alpha value is -2.38. The fourth-order valence-corrected chi connectivity index (χ4v) is 4.14. The predicted molar refractivity (Wildman–Crippen MR) is 99.8 cm³/mol. The fourth-order valence-electron chi connectivity index (χ4n) is 3.05. The number of thiazole rings is 1. The minimum absolute atomic E-state index is 0.0465. The number of aromatic nitrogens is 4. The molecular formula is C19H20N4O2S. The number of rotatable bonds is 5. The lowest BCUT2D eigenvalue weighted by atomic mass is 10.1. The second-order valence-electron chi connectivity index (χ2n) is 6.40. The van der Waals surface area contributed by atoms with Crippen LogP contribution in [0.3, 0.4) is 0 Å². The van der Waals surface area contributed by atoms with Crippen molar-refractivity contribution in [3.63, 3.8) is 0 Å². The van der Waals surface area contributed by atoms with Crippen LogP contribution in [0, 0.1) is 0 Å². The normalized spacial score (nSPS) is 17.3. The predicted octanol–water partition coefficient (Wildman–Crippen LogP) is 3.90. The van der Waals surface area contributed by atoms with Crippen molar-refractivity contribution >= 4 is 17.1 Å². The van der Waals surface area contributed by atoms with Gasteiger partial charge in [-0.25, -0.2) is 14.6 Å². The highest BCUT2D eigenvalue weighted by Crippen LogP contribution is 2.35. The van der Waals surface area contributed by atoms with Crippen molar-refractivity contribution in [1.29, 1.82) is 0 Å². The maximum atomic E-state index is 11.5. The maximum absolute atomic E-state index is 11.5. The lowest BCUT2D eigenvalue weighted by molar-refractivity contribution is -0.116. The summed E-state index contributed by atoms with van der Waals surface area (Å²) >= 11 is 1.48. The van der Waals surface area contributed by atoms with Crippen molar-refractivity contribution in [2.75, 3.05) is 6.61 Å². The van der Waals surface area contributed by atoms with E-state index in [1.165, 1.54) is 11.3 Å². The number of benzene rings is 1. The number of Topliss-reactive ketones (excluding diaryl/α,β-unsaturated/α-hetero) is 1. The van der Waals surface area contributed by atoms with Crippen LogP contribution >= 0.6 is 11.3 Å². The molecule has 1 saturated heterocycles. The number of hydrogen-bond acceptors (Lipinski definition) is 6. The Morgan fingerprint density at radius 1 is 1.31 bits per heavy atom. The van der Waals surface area contributed by atoms with Gasteiger partial charge in [-0.2, -0.15) is 0 Å². The molecule has 0 spiro atoms. The van der Waals surface area contributed by atoms with Crippen LogP contribution in [0.4, 0.5) is 0 Å². The van der Waals surface area contributed by atoms with E-state index in [2.05, 4.69) is 10.1 Å². The molecule has 1 atom stereocenters. The summed E-state index contributed by atoms with van der Waals surface area (Å²) in [6.07, 6.45) is 5.20. The second-order valence-corrected chi connectivity index (χ2v) is 7.48. The van der Waals surface area contributed by atoms with Gasteiger partial charge >= 0.3 is 0 Å². The number of hydrogen-bond donors (Lipinski definition) is 0. The van der Waals surface area contributed by atoms with E-state index in [4.69, 9.17) is 9.72 Å². The molecule has 3 aromatic rings. The van der Waals surface area contributed by atoms with Gasteiger partial charge in [-0.1, -0.05) is 30.3 Å². The van der Waals surface area contributed by atoms with Crippen LogP contribution in [0.1, 0.15) is 37.4 Å². The summed E-state index contributed by atoms with van der Waals surface area (Å²) in [7, 11) is 0. The van der Waals surface area contributed by atoms with E-state index >= 15 is 0 Å². The summed E-state index contributed by atoms with van der Waals surface area (Å²) in [5, 5.41) is 5.44. The first kappa shape index (κ1) is 17.1. The number of ketones is 1. The molecule has 1 aliphatic heterocycles. The van der Waals surface area contributed by atoms with Crippen LogP contribution in [-0.2, 0) is 16.0 Å². The number of nitrogens with zero attached hydrogens (tertiary/aromatic N) is 4. The number of carbonyl (C=O) groups is 1. The number of carbonyl (C=O) groups excluding carboxylic acids is 1. The second kappa shape index (κ2) is 7.47. The van der Waals surface area contributed by atoms with Crippen molar-refractivity contribution < 1.29 is 9.53 Å². The molecule has 1 aliphatic rings. The van der Waals surface area contributed by atoms with Gasteiger partial charge in [0, 0.05) is 12.2 Å². The quantitative estimate of drug-likeness (QED) is 0.683. The van der Waals surface area contributed by atoms with Crippen LogP contribution in [0.5, 0.6) is 0 Å². The molecule has 4 rings (SSSR count). The van der Waals surface area contributed by atoms with Crippen molar-refractivity contribution in [2.45, 2.75) is 38.8 Å². The average Bonchev–Trinajstić information content (AvgIpc) is 3.30. The molecule has 0 radical (unpaired) electrons. The standard InChI is InChI=1S/C19H20N4O2S/c1-13(24)11-15-21-17(14-7-3-2-4-8-14)18(26-15)19-20-12-23(22-19)16-9-5-6-10-25-16/h2-4,7-8,12,16H,5-6,9-11H2,1H3. The minimum Gasteiger partial charge on any atom is -0.356 e. The summed E-state index contributed by atoms with van der Waals surface area (Å²) in [5.41, 5.74) is 1.83. The highest BCUT2D eigenvalue weighted by atomic mass is 32.1. The van der Waals surface area contributed by atoms with Gasteiger partial charge in [0.1, 0.15) is 22.0 Å². The Morgan fingerprint density at radius 3 is 2.88 bits per heavy atom. The Labute approximate surface area is 155 Å². The molecule has 0 amide bonds. The smallest absolute Gasteiger partial charge is 0.193 e. The molecule has 3 heterocycles. The molecule has 0 saturated carbocycles. The molecule has 1 fully saturated rings. The Kier molecular flexibility index (Phi) is 4.90. The molecule has 0 N–H and O–H groups in total. The van der Waals surface area contributed by atoms with Crippen LogP contribution in [0.2, 0.25) is 0 Å². The monoisotopic (exact) mass is 368 g/mol. The third kappa shape index (κ3) is 3.59. The van der Waals surface area contributed by atoms with Crippen molar-refractivity contribution in [1.82, 2.24) is 19.7 Å². The molecule has 134 valence electrons. The van der Waals surface area contributed by atoms with Crippen LogP contribution < -0.4 is 0 Å². The summed E-state index contributed by atoms with van der Waals surface area (Å²) in [6.45, 7) is 2.34. The molecule has 0 aliphatic carbocycles. The lowest BCUT2D eigenvalue weighted by Gasteiger charge is -2.21. The lowest BCUT2D eigenvalue weighted by Crippen LogP contribution is -2.18. The molecule has 7 heteroatoms. The molecular weight excluding hydrogens is 348 g/mol. The first-order valence-electron chi connectivity index (χ1n) is 8.78. The summed E-state index contributed by atoms with van der Waals surface area (Å²) in [6, 6.07) is 9.95. The van der Waals surface area contributed by atoms with Crippen LogP contribution in [0.15, 0.2) is 36.7 Å². The van der Waals surface area contributed by atoms with E-state index in [1.54, 1.807) is 17.9 Å². The maximum Gasteiger partial charge on any atom is 0.193 e. The van der Waals surface area contributed by atoms with E-state index in [0.717, 1.165) is 47.0 Å². The molecule has 1 unspecified atom stereocenters. The largest absolute Gasteiger partial charge is 0.356 e. The van der Waals surface area contributed by atoms with Gasteiger partial charge in [-0.3, -0.25) is 4.79 Å².